The fraction of sp³-hybridized carbons (Fsp3) is 0. The summed E-state index contributed by atoms with van der Waals surface area (Å²) in [5.41, 5.74) is 0.547. The molecular weight excluding hydrogens is 239 g/mol. The fourth-order valence-electron chi connectivity index (χ4n) is 1.41. The average Bonchev–Trinajstić information content (AvgIpc) is 3.00. The zero-order chi connectivity index (χ0) is 11.7. The highest BCUT2D eigenvalue weighted by Gasteiger charge is 2.09. The second kappa shape index (κ2) is 4.06. The lowest BCUT2D eigenvalue weighted by Crippen LogP contribution is -1.86. The molecule has 0 aromatic carbocycles. The molecule has 0 saturated carbocycles. The average molecular weight is 246 g/mol. The number of aromatic nitrogens is 4. The summed E-state index contributed by atoms with van der Waals surface area (Å²) in [4.78, 5) is 9.24. The van der Waals surface area contributed by atoms with Gasteiger partial charge in [0.25, 0.3) is 0 Å². The number of nitrogens with one attached hydrogen (secondary N) is 1. The predicted octanol–water partition coefficient (Wildman–Crippen LogP) is 2.73. The molecule has 0 unspecified atom stereocenters. The largest absolute Gasteiger partial charge is 0.258 e. The number of hydrogen-bond acceptors (Lipinski definition) is 4. The Kier molecular flexibility index (Phi) is 2.41. The Labute approximate surface area is 100 Å². The van der Waals surface area contributed by atoms with Gasteiger partial charge in [-0.25, -0.2) is 14.4 Å². The number of rotatable bonds is 2. The molecule has 0 aliphatic carbocycles. The second-order valence-corrected chi connectivity index (χ2v) is 4.29. The molecule has 6 heteroatoms. The van der Waals surface area contributed by atoms with Crippen LogP contribution in [0.15, 0.2) is 35.8 Å². The summed E-state index contributed by atoms with van der Waals surface area (Å²) in [5.74, 6) is 0.789. The molecule has 3 aromatic rings. The zero-order valence-electron chi connectivity index (χ0n) is 8.59. The first-order valence-corrected chi connectivity index (χ1v) is 5.79. The first-order chi connectivity index (χ1) is 8.33. The lowest BCUT2D eigenvalue weighted by molar-refractivity contribution is 0.621. The highest BCUT2D eigenvalue weighted by atomic mass is 32.1. The van der Waals surface area contributed by atoms with Crippen LogP contribution in [0.1, 0.15) is 0 Å². The van der Waals surface area contributed by atoms with Gasteiger partial charge in [0.15, 0.2) is 11.6 Å². The molecule has 84 valence electrons. The van der Waals surface area contributed by atoms with Crippen LogP contribution in [-0.2, 0) is 0 Å². The summed E-state index contributed by atoms with van der Waals surface area (Å²) in [5, 5.41) is 8.86. The number of halogens is 1. The summed E-state index contributed by atoms with van der Waals surface area (Å²) in [7, 11) is 0. The first kappa shape index (κ1) is 10.1. The fourth-order valence-corrected chi connectivity index (χ4v) is 2.07. The summed E-state index contributed by atoms with van der Waals surface area (Å²) < 4.78 is 12.7. The van der Waals surface area contributed by atoms with E-state index in [1.165, 1.54) is 6.07 Å². The summed E-state index contributed by atoms with van der Waals surface area (Å²) in [6.07, 6.45) is 1.15. The van der Waals surface area contributed by atoms with Gasteiger partial charge in [-0.1, -0.05) is 6.07 Å². The summed E-state index contributed by atoms with van der Waals surface area (Å²) in [6.45, 7) is 0. The van der Waals surface area contributed by atoms with E-state index in [0.717, 1.165) is 11.1 Å². The number of pyridine rings is 1. The Morgan fingerprint density at radius 1 is 1.24 bits per heavy atom. The summed E-state index contributed by atoms with van der Waals surface area (Å²) in [6, 6.07) is 6.78. The van der Waals surface area contributed by atoms with Gasteiger partial charge in [0.05, 0.1) is 11.1 Å². The maximum Gasteiger partial charge on any atom is 0.200 e. The van der Waals surface area contributed by atoms with E-state index in [-0.39, 0.29) is 5.82 Å². The highest BCUT2D eigenvalue weighted by Crippen LogP contribution is 2.22. The molecule has 0 fully saturated rings. The van der Waals surface area contributed by atoms with E-state index < -0.39 is 0 Å². The molecule has 0 bridgehead atoms. The van der Waals surface area contributed by atoms with Crippen molar-refractivity contribution < 1.29 is 4.39 Å². The van der Waals surface area contributed by atoms with Gasteiger partial charge in [-0.15, -0.1) is 11.3 Å². The second-order valence-electron chi connectivity index (χ2n) is 3.35. The van der Waals surface area contributed by atoms with Gasteiger partial charge >= 0.3 is 0 Å². The molecule has 0 atom stereocenters. The Balaban J connectivity index is 1.98. The molecule has 0 spiro atoms. The van der Waals surface area contributed by atoms with Crippen molar-refractivity contribution in [2.45, 2.75) is 0 Å². The van der Waals surface area contributed by atoms with Crippen LogP contribution in [0.25, 0.3) is 22.2 Å². The van der Waals surface area contributed by atoms with Crippen LogP contribution in [0, 0.1) is 5.82 Å². The van der Waals surface area contributed by atoms with E-state index in [2.05, 4.69) is 20.2 Å². The SMILES string of the molecule is Fc1ccc(-c2n[nH]c(-c3cccs3)n2)nc1. The Bertz CT molecular complexity index is 615. The van der Waals surface area contributed by atoms with Crippen molar-refractivity contribution in [2.24, 2.45) is 0 Å². The van der Waals surface area contributed by atoms with E-state index in [0.29, 0.717) is 17.3 Å². The van der Waals surface area contributed by atoms with E-state index in [4.69, 9.17) is 0 Å². The minimum Gasteiger partial charge on any atom is -0.258 e. The van der Waals surface area contributed by atoms with Crippen LogP contribution in [0.2, 0.25) is 0 Å². The number of H-pyrrole nitrogens is 1. The lowest BCUT2D eigenvalue weighted by atomic mass is 10.3. The monoisotopic (exact) mass is 246 g/mol. The topological polar surface area (TPSA) is 54.5 Å². The van der Waals surface area contributed by atoms with Gasteiger partial charge in [0.2, 0.25) is 0 Å². The normalized spacial score (nSPS) is 10.6. The third-order valence-electron chi connectivity index (χ3n) is 2.20. The van der Waals surface area contributed by atoms with Crippen molar-refractivity contribution in [1.82, 2.24) is 20.2 Å². The van der Waals surface area contributed by atoms with Crippen molar-refractivity contribution in [2.75, 3.05) is 0 Å². The number of thiophene rings is 1. The number of aromatic amines is 1. The van der Waals surface area contributed by atoms with Crippen LogP contribution in [0.3, 0.4) is 0 Å². The Morgan fingerprint density at radius 2 is 2.18 bits per heavy atom. The molecule has 0 amide bonds. The van der Waals surface area contributed by atoms with E-state index in [9.17, 15) is 4.39 Å². The number of hydrogen-bond donors (Lipinski definition) is 1. The van der Waals surface area contributed by atoms with E-state index >= 15 is 0 Å². The van der Waals surface area contributed by atoms with Gasteiger partial charge < -0.3 is 0 Å². The third-order valence-corrected chi connectivity index (χ3v) is 3.07. The molecule has 0 aliphatic heterocycles. The van der Waals surface area contributed by atoms with Crippen LogP contribution in [-0.4, -0.2) is 20.2 Å². The van der Waals surface area contributed by atoms with Gasteiger partial charge in [0, 0.05) is 0 Å². The molecular formula is C11H7FN4S. The predicted molar refractivity (Wildman–Crippen MR) is 62.9 cm³/mol. The molecule has 3 aromatic heterocycles. The molecule has 4 nitrogen and oxygen atoms in total. The van der Waals surface area contributed by atoms with Crippen LogP contribution < -0.4 is 0 Å². The standard InChI is InChI=1S/C11H7FN4S/c12-7-3-4-8(13-6-7)10-14-11(16-15-10)9-2-1-5-17-9/h1-6H,(H,14,15,16). The van der Waals surface area contributed by atoms with Crippen LogP contribution >= 0.6 is 11.3 Å². The van der Waals surface area contributed by atoms with Gasteiger partial charge in [-0.3, -0.25) is 5.10 Å². The van der Waals surface area contributed by atoms with Gasteiger partial charge in [-0.05, 0) is 23.6 Å². The van der Waals surface area contributed by atoms with Crippen molar-refractivity contribution in [3.63, 3.8) is 0 Å². The van der Waals surface area contributed by atoms with Crippen LogP contribution in [0.4, 0.5) is 4.39 Å². The molecule has 3 heterocycles. The quantitative estimate of drug-likeness (QED) is 0.756. The van der Waals surface area contributed by atoms with Gasteiger partial charge in [0.1, 0.15) is 11.5 Å². The Hall–Kier alpha value is -2.08. The van der Waals surface area contributed by atoms with Crippen molar-refractivity contribution in [1.29, 1.82) is 0 Å². The maximum absolute atomic E-state index is 12.7. The van der Waals surface area contributed by atoms with E-state index in [1.54, 1.807) is 17.4 Å². The minimum atomic E-state index is -0.372. The van der Waals surface area contributed by atoms with Gasteiger partial charge in [-0.2, -0.15) is 5.10 Å². The zero-order valence-corrected chi connectivity index (χ0v) is 9.41. The van der Waals surface area contributed by atoms with Crippen molar-refractivity contribution in [3.05, 3.63) is 41.7 Å². The highest BCUT2D eigenvalue weighted by molar-refractivity contribution is 7.13. The molecule has 0 aliphatic rings. The lowest BCUT2D eigenvalue weighted by Gasteiger charge is -1.92. The van der Waals surface area contributed by atoms with Crippen LogP contribution in [0.5, 0.6) is 0 Å². The summed E-state index contributed by atoms with van der Waals surface area (Å²) >= 11 is 1.57. The molecule has 0 radical (unpaired) electrons. The first-order valence-electron chi connectivity index (χ1n) is 4.91. The van der Waals surface area contributed by atoms with E-state index in [1.807, 2.05) is 17.5 Å². The molecule has 3 rings (SSSR count). The van der Waals surface area contributed by atoms with Crippen molar-refractivity contribution >= 4 is 11.3 Å². The third kappa shape index (κ3) is 1.94. The smallest absolute Gasteiger partial charge is 0.200 e. The maximum atomic E-state index is 12.7. The molecule has 17 heavy (non-hydrogen) atoms. The van der Waals surface area contributed by atoms with Crippen molar-refractivity contribution in [3.8, 4) is 22.2 Å². The Morgan fingerprint density at radius 3 is 2.88 bits per heavy atom. The molecule has 1 N–H and O–H groups in total. The molecule has 0 saturated heterocycles. The number of nitrogens with zero attached hydrogens (tertiary/aromatic N) is 3. The minimum absolute atomic E-state index is 0.372.